The van der Waals surface area contributed by atoms with Crippen molar-refractivity contribution in [3.05, 3.63) is 106 Å². The van der Waals surface area contributed by atoms with E-state index in [2.05, 4.69) is 5.32 Å². The third kappa shape index (κ3) is 8.99. The van der Waals surface area contributed by atoms with Crippen LogP contribution in [0, 0.1) is 0 Å². The fourth-order valence-electron chi connectivity index (χ4n) is 3.16. The average Bonchev–Trinajstić information content (AvgIpc) is 2.90. The van der Waals surface area contributed by atoms with Crippen LogP contribution in [0.15, 0.2) is 78.9 Å². The molecule has 8 heteroatoms. The molecule has 7 nitrogen and oxygen atoms in total. The van der Waals surface area contributed by atoms with E-state index in [9.17, 15) is 9.59 Å². The van der Waals surface area contributed by atoms with Crippen LogP contribution in [0.3, 0.4) is 0 Å². The van der Waals surface area contributed by atoms with Crippen molar-refractivity contribution in [3.63, 3.8) is 0 Å². The van der Waals surface area contributed by atoms with Crippen LogP contribution in [-0.2, 0) is 20.9 Å². The number of rotatable bonds is 12. The lowest BCUT2D eigenvalue weighted by molar-refractivity contribution is -0.154. The summed E-state index contributed by atoms with van der Waals surface area (Å²) in [5, 5.41) is 12.4. The third-order valence-electron chi connectivity index (χ3n) is 5.07. The Morgan fingerprint density at radius 1 is 0.914 bits per heavy atom. The molecule has 35 heavy (non-hydrogen) atoms. The lowest BCUT2D eigenvalue weighted by Crippen LogP contribution is -2.38. The van der Waals surface area contributed by atoms with E-state index in [1.54, 1.807) is 17.6 Å². The first kappa shape index (κ1) is 26.1. The van der Waals surface area contributed by atoms with Crippen LogP contribution in [0.1, 0.15) is 33.5 Å². The summed E-state index contributed by atoms with van der Waals surface area (Å²) < 4.78 is 10.9. The van der Waals surface area contributed by atoms with Gasteiger partial charge in [0.2, 0.25) is 0 Å². The minimum atomic E-state index is -0.976. The van der Waals surface area contributed by atoms with Crippen molar-refractivity contribution in [3.8, 4) is 0 Å². The SMILES string of the molecule is O=C(NCC[C@H](OCOCc1ccccc1)C(=O)NO)c1ccc(C=Cc2ccc(Cl)cc2)cc1. The van der Waals surface area contributed by atoms with Gasteiger partial charge in [-0.05, 0) is 41.0 Å². The molecule has 1 atom stereocenters. The highest BCUT2D eigenvalue weighted by Crippen LogP contribution is 2.13. The summed E-state index contributed by atoms with van der Waals surface area (Å²) in [5.74, 6) is -0.985. The number of carbonyl (C=O) groups is 2. The third-order valence-corrected chi connectivity index (χ3v) is 5.32. The summed E-state index contributed by atoms with van der Waals surface area (Å²) in [6.07, 6.45) is 3.09. The topological polar surface area (TPSA) is 96.9 Å². The highest BCUT2D eigenvalue weighted by Gasteiger charge is 2.19. The molecule has 0 aliphatic carbocycles. The minimum absolute atomic E-state index is 0.133. The zero-order valence-corrected chi connectivity index (χ0v) is 19.8. The van der Waals surface area contributed by atoms with Crippen LogP contribution in [0.5, 0.6) is 0 Å². The standard InChI is InChI=1S/C27H27ClN2O5/c28-24-14-10-21(11-15-24)7-6-20-8-12-23(13-9-20)26(31)29-17-16-25(27(32)30-33)35-19-34-18-22-4-2-1-3-5-22/h1-15,25,33H,16-19H2,(H,29,31)(H,30,32)/t25-/m0/s1. The predicted molar refractivity (Wildman–Crippen MR) is 135 cm³/mol. The quantitative estimate of drug-likeness (QED) is 0.111. The number of hydrogen-bond acceptors (Lipinski definition) is 5. The Kier molecular flexibility index (Phi) is 10.5. The number of benzene rings is 3. The summed E-state index contributed by atoms with van der Waals surface area (Å²) in [6.45, 7) is 0.371. The van der Waals surface area contributed by atoms with E-state index in [1.807, 2.05) is 78.9 Å². The molecular formula is C27H27ClN2O5. The van der Waals surface area contributed by atoms with Gasteiger partial charge in [-0.3, -0.25) is 14.8 Å². The van der Waals surface area contributed by atoms with E-state index < -0.39 is 12.0 Å². The Balaban J connectivity index is 1.43. The van der Waals surface area contributed by atoms with Gasteiger partial charge in [-0.25, -0.2) is 5.48 Å². The van der Waals surface area contributed by atoms with Gasteiger partial charge in [0.25, 0.3) is 11.8 Å². The maximum absolute atomic E-state index is 12.4. The molecule has 0 bridgehead atoms. The molecule has 0 heterocycles. The van der Waals surface area contributed by atoms with Crippen molar-refractivity contribution in [2.75, 3.05) is 13.3 Å². The van der Waals surface area contributed by atoms with Gasteiger partial charge < -0.3 is 14.8 Å². The first-order valence-corrected chi connectivity index (χ1v) is 11.4. The van der Waals surface area contributed by atoms with Gasteiger partial charge in [0.05, 0.1) is 6.61 Å². The Bertz CT molecular complexity index is 1100. The van der Waals surface area contributed by atoms with E-state index in [0.29, 0.717) is 17.2 Å². The van der Waals surface area contributed by atoms with E-state index in [-0.39, 0.29) is 25.7 Å². The molecule has 3 aromatic rings. The van der Waals surface area contributed by atoms with Gasteiger partial charge in [0.15, 0.2) is 0 Å². The summed E-state index contributed by atoms with van der Waals surface area (Å²) >= 11 is 5.90. The Morgan fingerprint density at radius 3 is 2.17 bits per heavy atom. The highest BCUT2D eigenvalue weighted by atomic mass is 35.5. The van der Waals surface area contributed by atoms with Crippen LogP contribution in [0.4, 0.5) is 0 Å². The van der Waals surface area contributed by atoms with Crippen molar-refractivity contribution in [1.82, 2.24) is 10.8 Å². The molecule has 0 aliphatic heterocycles. The molecule has 0 saturated heterocycles. The van der Waals surface area contributed by atoms with Crippen LogP contribution in [-0.4, -0.2) is 36.5 Å². The van der Waals surface area contributed by atoms with Crippen molar-refractivity contribution >= 4 is 35.6 Å². The van der Waals surface area contributed by atoms with Crippen molar-refractivity contribution < 1.29 is 24.3 Å². The lowest BCUT2D eigenvalue weighted by atomic mass is 10.1. The second-order valence-corrected chi connectivity index (χ2v) is 8.07. The van der Waals surface area contributed by atoms with Gasteiger partial charge in [0, 0.05) is 23.6 Å². The normalized spacial score (nSPS) is 11.8. The molecule has 2 amide bonds. The number of hydroxylamine groups is 1. The van der Waals surface area contributed by atoms with Gasteiger partial charge in [0.1, 0.15) is 12.9 Å². The molecule has 182 valence electrons. The maximum Gasteiger partial charge on any atom is 0.272 e. The van der Waals surface area contributed by atoms with Crippen molar-refractivity contribution in [2.45, 2.75) is 19.1 Å². The number of hydrogen-bond donors (Lipinski definition) is 3. The van der Waals surface area contributed by atoms with E-state index in [0.717, 1.165) is 16.7 Å². The minimum Gasteiger partial charge on any atom is -0.352 e. The fourth-order valence-corrected chi connectivity index (χ4v) is 3.28. The molecule has 3 N–H and O–H groups in total. The van der Waals surface area contributed by atoms with E-state index >= 15 is 0 Å². The number of amides is 2. The number of ether oxygens (including phenoxy) is 2. The first-order valence-electron chi connectivity index (χ1n) is 11.0. The predicted octanol–water partition coefficient (Wildman–Crippen LogP) is 4.70. The molecule has 0 aromatic heterocycles. The van der Waals surface area contributed by atoms with Gasteiger partial charge >= 0.3 is 0 Å². The maximum atomic E-state index is 12.4. The van der Waals surface area contributed by atoms with Gasteiger partial charge in [-0.2, -0.15) is 0 Å². The van der Waals surface area contributed by atoms with Crippen LogP contribution in [0.2, 0.25) is 5.02 Å². The number of halogens is 1. The van der Waals surface area contributed by atoms with Gasteiger partial charge in [-0.1, -0.05) is 78.4 Å². The molecule has 0 radical (unpaired) electrons. The van der Waals surface area contributed by atoms with Crippen LogP contribution in [0.25, 0.3) is 12.2 Å². The molecule has 0 spiro atoms. The second-order valence-electron chi connectivity index (χ2n) is 7.63. The Morgan fingerprint density at radius 2 is 1.54 bits per heavy atom. The Hall–Kier alpha value is -3.49. The van der Waals surface area contributed by atoms with E-state index in [1.165, 1.54) is 0 Å². The van der Waals surface area contributed by atoms with Crippen LogP contribution < -0.4 is 10.8 Å². The molecular weight excluding hydrogens is 468 g/mol. The highest BCUT2D eigenvalue weighted by molar-refractivity contribution is 6.30. The van der Waals surface area contributed by atoms with Crippen molar-refractivity contribution in [1.29, 1.82) is 0 Å². The summed E-state index contributed by atoms with van der Waals surface area (Å²) in [7, 11) is 0. The summed E-state index contributed by atoms with van der Waals surface area (Å²) in [6, 6.07) is 24.2. The van der Waals surface area contributed by atoms with Gasteiger partial charge in [-0.15, -0.1) is 0 Å². The second kappa shape index (κ2) is 14.0. The zero-order valence-electron chi connectivity index (χ0n) is 19.0. The Labute approximate surface area is 209 Å². The lowest BCUT2D eigenvalue weighted by Gasteiger charge is -2.16. The first-order chi connectivity index (χ1) is 17.0. The number of nitrogens with one attached hydrogen (secondary N) is 2. The van der Waals surface area contributed by atoms with E-state index in [4.69, 9.17) is 26.3 Å². The molecule has 0 aliphatic rings. The zero-order chi connectivity index (χ0) is 24.9. The summed E-state index contributed by atoms with van der Waals surface area (Å²) in [5.41, 5.74) is 5.00. The molecule has 0 fully saturated rings. The van der Waals surface area contributed by atoms with Crippen LogP contribution >= 0.6 is 11.6 Å². The fraction of sp³-hybridized carbons (Fsp3) is 0.185. The smallest absolute Gasteiger partial charge is 0.272 e. The summed E-state index contributed by atoms with van der Waals surface area (Å²) in [4.78, 5) is 24.3. The molecule has 0 unspecified atom stereocenters. The molecule has 3 aromatic carbocycles. The largest absolute Gasteiger partial charge is 0.352 e. The monoisotopic (exact) mass is 494 g/mol. The number of carbonyl (C=O) groups excluding carboxylic acids is 2. The molecule has 3 rings (SSSR count). The molecule has 0 saturated carbocycles. The van der Waals surface area contributed by atoms with Crippen molar-refractivity contribution in [2.24, 2.45) is 0 Å². The average molecular weight is 495 g/mol.